The van der Waals surface area contributed by atoms with Crippen LogP contribution in [-0.4, -0.2) is 5.08 Å². The van der Waals surface area contributed by atoms with Gasteiger partial charge in [0.05, 0.1) is 0 Å². The van der Waals surface area contributed by atoms with Gasteiger partial charge in [0.25, 0.3) is 0 Å². The fraction of sp³-hybridized carbons (Fsp3) is 0.294. The molecule has 0 saturated carbocycles. The highest BCUT2D eigenvalue weighted by atomic mass is 32.2. The van der Waals surface area contributed by atoms with Gasteiger partial charge in [0, 0.05) is 14.9 Å². The predicted octanol–water partition coefficient (Wildman–Crippen LogP) is 5.76. The molecule has 0 spiro atoms. The number of benzene rings is 2. The number of thioether (sulfide) groups is 2. The topological polar surface area (TPSA) is 0 Å². The smallest absolute Gasteiger partial charge is 0.0486 e. The molecule has 0 aliphatic rings. The van der Waals surface area contributed by atoms with Gasteiger partial charge in [0.1, 0.15) is 0 Å². The second kappa shape index (κ2) is 6.53. The lowest BCUT2D eigenvalue weighted by Crippen LogP contribution is -1.82. The molecule has 0 aliphatic heterocycles. The summed E-state index contributed by atoms with van der Waals surface area (Å²) in [5.41, 5.74) is 5.38. The van der Waals surface area contributed by atoms with Crippen LogP contribution in [0.4, 0.5) is 0 Å². The van der Waals surface area contributed by atoms with Crippen LogP contribution in [0.3, 0.4) is 0 Å². The molecule has 2 heteroatoms. The Balaban J connectivity index is 1.96. The summed E-state index contributed by atoms with van der Waals surface area (Å²) >= 11 is 3.84. The quantitative estimate of drug-likeness (QED) is 0.518. The summed E-state index contributed by atoms with van der Waals surface area (Å²) < 4.78 is 0. The highest BCUT2D eigenvalue weighted by Gasteiger charge is 2.00. The van der Waals surface area contributed by atoms with Gasteiger partial charge >= 0.3 is 0 Å². The molecule has 0 bridgehead atoms. The van der Waals surface area contributed by atoms with E-state index in [4.69, 9.17) is 0 Å². The summed E-state index contributed by atoms with van der Waals surface area (Å²) in [4.78, 5) is 2.74. The second-order valence-electron chi connectivity index (χ2n) is 5.05. The summed E-state index contributed by atoms with van der Waals surface area (Å²) in [6.45, 7) is 8.64. The maximum Gasteiger partial charge on any atom is 0.0486 e. The van der Waals surface area contributed by atoms with Crippen molar-refractivity contribution in [1.82, 2.24) is 0 Å². The van der Waals surface area contributed by atoms with E-state index >= 15 is 0 Å². The third-order valence-corrected chi connectivity index (χ3v) is 4.92. The average molecular weight is 288 g/mol. The Bertz CT molecular complexity index is 481. The van der Waals surface area contributed by atoms with E-state index < -0.39 is 0 Å². The van der Waals surface area contributed by atoms with Crippen molar-refractivity contribution >= 4 is 23.5 Å². The van der Waals surface area contributed by atoms with Crippen molar-refractivity contribution in [2.45, 2.75) is 37.5 Å². The molecular weight excluding hydrogens is 268 g/mol. The fourth-order valence-electron chi connectivity index (χ4n) is 2.20. The SMILES string of the molecule is Cc1cc(C)cc(SCSc2cc(C)cc(C)c2)c1. The number of hydrogen-bond acceptors (Lipinski definition) is 2. The Kier molecular flexibility index (Phi) is 5.00. The molecule has 0 N–H and O–H groups in total. The van der Waals surface area contributed by atoms with Gasteiger partial charge < -0.3 is 0 Å². The lowest BCUT2D eigenvalue weighted by molar-refractivity contribution is 1.29. The van der Waals surface area contributed by atoms with E-state index in [-0.39, 0.29) is 0 Å². The Hall–Kier alpha value is -0.860. The summed E-state index contributed by atoms with van der Waals surface area (Å²) in [5, 5.41) is 1.06. The van der Waals surface area contributed by atoms with Crippen LogP contribution in [-0.2, 0) is 0 Å². The van der Waals surface area contributed by atoms with E-state index in [1.807, 2.05) is 23.5 Å². The second-order valence-corrected chi connectivity index (χ2v) is 7.52. The van der Waals surface area contributed by atoms with Crippen molar-refractivity contribution in [2.75, 3.05) is 5.08 Å². The van der Waals surface area contributed by atoms with E-state index in [0.717, 1.165) is 5.08 Å². The Labute approximate surface area is 125 Å². The molecule has 0 amide bonds. The van der Waals surface area contributed by atoms with E-state index in [0.29, 0.717) is 0 Å². The molecule has 0 unspecified atom stereocenters. The molecule has 2 aromatic carbocycles. The third kappa shape index (κ3) is 4.63. The summed E-state index contributed by atoms with van der Waals surface area (Å²) in [7, 11) is 0. The first-order chi connectivity index (χ1) is 9.02. The first-order valence-corrected chi connectivity index (χ1v) is 8.42. The van der Waals surface area contributed by atoms with Gasteiger partial charge in [-0.05, 0) is 74.2 Å². The Morgan fingerprint density at radius 2 is 0.895 bits per heavy atom. The van der Waals surface area contributed by atoms with Crippen LogP contribution in [0.15, 0.2) is 46.2 Å². The average Bonchev–Trinajstić information content (AvgIpc) is 2.26. The first-order valence-electron chi connectivity index (χ1n) is 6.45. The fourth-order valence-corrected chi connectivity index (χ4v) is 4.60. The van der Waals surface area contributed by atoms with Gasteiger partial charge in [0.2, 0.25) is 0 Å². The standard InChI is InChI=1S/C17H20S2/c1-12-5-13(2)8-16(7-12)18-11-19-17-9-14(3)6-15(4)10-17/h5-10H,11H2,1-4H3. The van der Waals surface area contributed by atoms with Crippen molar-refractivity contribution < 1.29 is 0 Å². The number of hydrogen-bond donors (Lipinski definition) is 0. The minimum absolute atomic E-state index is 1.06. The largest absolute Gasteiger partial charge is 0.115 e. The summed E-state index contributed by atoms with van der Waals surface area (Å²) in [5.74, 6) is 0. The van der Waals surface area contributed by atoms with Crippen LogP contribution >= 0.6 is 23.5 Å². The maximum atomic E-state index is 2.26. The van der Waals surface area contributed by atoms with E-state index in [2.05, 4.69) is 64.1 Å². The van der Waals surface area contributed by atoms with Crippen LogP contribution in [0.1, 0.15) is 22.3 Å². The highest BCUT2D eigenvalue weighted by molar-refractivity contribution is 8.16. The molecule has 19 heavy (non-hydrogen) atoms. The van der Waals surface area contributed by atoms with Gasteiger partial charge in [-0.2, -0.15) is 0 Å². The molecule has 100 valence electrons. The summed E-state index contributed by atoms with van der Waals surface area (Å²) in [6, 6.07) is 13.5. The van der Waals surface area contributed by atoms with Gasteiger partial charge in [-0.25, -0.2) is 0 Å². The van der Waals surface area contributed by atoms with Crippen molar-refractivity contribution in [3.63, 3.8) is 0 Å². The van der Waals surface area contributed by atoms with Crippen LogP contribution in [0.25, 0.3) is 0 Å². The first kappa shape index (κ1) is 14.5. The molecule has 2 aromatic rings. The monoisotopic (exact) mass is 288 g/mol. The van der Waals surface area contributed by atoms with E-state index in [9.17, 15) is 0 Å². The zero-order chi connectivity index (χ0) is 13.8. The maximum absolute atomic E-state index is 2.26. The van der Waals surface area contributed by atoms with Gasteiger partial charge in [-0.3, -0.25) is 0 Å². The molecule has 0 heterocycles. The molecule has 2 rings (SSSR count). The van der Waals surface area contributed by atoms with Crippen molar-refractivity contribution in [3.8, 4) is 0 Å². The van der Waals surface area contributed by atoms with Crippen LogP contribution in [0.5, 0.6) is 0 Å². The van der Waals surface area contributed by atoms with Gasteiger partial charge in [-0.15, -0.1) is 23.5 Å². The van der Waals surface area contributed by atoms with Gasteiger partial charge in [0.15, 0.2) is 0 Å². The highest BCUT2D eigenvalue weighted by Crippen LogP contribution is 2.29. The molecular formula is C17H20S2. The zero-order valence-corrected chi connectivity index (χ0v) is 13.6. The zero-order valence-electron chi connectivity index (χ0n) is 12.0. The minimum atomic E-state index is 1.06. The lowest BCUT2D eigenvalue weighted by atomic mass is 10.2. The molecule has 0 radical (unpaired) electrons. The lowest BCUT2D eigenvalue weighted by Gasteiger charge is -2.06. The number of rotatable bonds is 4. The molecule has 0 aromatic heterocycles. The van der Waals surface area contributed by atoms with Gasteiger partial charge in [-0.1, -0.05) is 12.1 Å². The van der Waals surface area contributed by atoms with Crippen molar-refractivity contribution in [2.24, 2.45) is 0 Å². The normalized spacial score (nSPS) is 10.7. The van der Waals surface area contributed by atoms with E-state index in [1.165, 1.54) is 32.0 Å². The van der Waals surface area contributed by atoms with Crippen molar-refractivity contribution in [1.29, 1.82) is 0 Å². The molecule has 0 nitrogen and oxygen atoms in total. The van der Waals surface area contributed by atoms with Crippen LogP contribution < -0.4 is 0 Å². The van der Waals surface area contributed by atoms with Crippen LogP contribution in [0.2, 0.25) is 0 Å². The number of aryl methyl sites for hydroxylation is 4. The molecule has 0 atom stereocenters. The molecule has 0 fully saturated rings. The Morgan fingerprint density at radius 3 is 1.21 bits per heavy atom. The van der Waals surface area contributed by atoms with Crippen molar-refractivity contribution in [3.05, 3.63) is 58.7 Å². The predicted molar refractivity (Wildman–Crippen MR) is 88.4 cm³/mol. The molecule has 0 saturated heterocycles. The van der Waals surface area contributed by atoms with E-state index in [1.54, 1.807) is 0 Å². The molecule has 0 aliphatic carbocycles. The minimum Gasteiger partial charge on any atom is -0.115 e. The summed E-state index contributed by atoms with van der Waals surface area (Å²) in [6.07, 6.45) is 0. The Morgan fingerprint density at radius 1 is 0.579 bits per heavy atom. The van der Waals surface area contributed by atoms with Crippen LogP contribution in [0, 0.1) is 27.7 Å². The third-order valence-electron chi connectivity index (χ3n) is 2.84.